The lowest BCUT2D eigenvalue weighted by Gasteiger charge is -2.12. The molecular formula is C15H16FN. The van der Waals surface area contributed by atoms with Gasteiger partial charge in [-0.3, -0.25) is 0 Å². The molecular weight excluding hydrogens is 213 g/mol. The number of halogens is 1. The van der Waals surface area contributed by atoms with Gasteiger partial charge in [0, 0.05) is 6.04 Å². The average Bonchev–Trinajstić information content (AvgIpc) is 2.38. The average molecular weight is 229 g/mol. The summed E-state index contributed by atoms with van der Waals surface area (Å²) in [5, 5.41) is 0. The molecule has 0 aliphatic rings. The summed E-state index contributed by atoms with van der Waals surface area (Å²) in [4.78, 5) is 0. The Bertz CT molecular complexity index is 467. The van der Waals surface area contributed by atoms with E-state index in [0.29, 0.717) is 6.42 Å². The molecule has 2 rings (SSSR count). The molecule has 0 heterocycles. The highest BCUT2D eigenvalue weighted by molar-refractivity contribution is 5.21. The van der Waals surface area contributed by atoms with E-state index in [0.717, 1.165) is 17.5 Å². The van der Waals surface area contributed by atoms with E-state index in [1.165, 1.54) is 6.07 Å². The monoisotopic (exact) mass is 229 g/mol. The summed E-state index contributed by atoms with van der Waals surface area (Å²) in [6, 6.07) is 16.7. The molecule has 88 valence electrons. The minimum Gasteiger partial charge on any atom is -0.324 e. The Balaban J connectivity index is 1.97. The Hall–Kier alpha value is -1.67. The Morgan fingerprint density at radius 3 is 2.29 bits per heavy atom. The first-order chi connectivity index (χ1) is 8.27. The van der Waals surface area contributed by atoms with Gasteiger partial charge in [0.25, 0.3) is 0 Å². The summed E-state index contributed by atoms with van der Waals surface area (Å²) in [5.41, 5.74) is 7.91. The fourth-order valence-electron chi connectivity index (χ4n) is 1.88. The highest BCUT2D eigenvalue weighted by Crippen LogP contribution is 2.17. The third-order valence-electron chi connectivity index (χ3n) is 2.91. The lowest BCUT2D eigenvalue weighted by Crippen LogP contribution is -2.11. The molecule has 0 radical (unpaired) electrons. The molecule has 0 aliphatic heterocycles. The van der Waals surface area contributed by atoms with Gasteiger partial charge in [-0.25, -0.2) is 4.39 Å². The van der Waals surface area contributed by atoms with Crippen molar-refractivity contribution in [3.05, 3.63) is 71.5 Å². The maximum absolute atomic E-state index is 13.4. The van der Waals surface area contributed by atoms with Crippen LogP contribution in [0, 0.1) is 5.82 Å². The lowest BCUT2D eigenvalue weighted by molar-refractivity contribution is 0.586. The summed E-state index contributed by atoms with van der Waals surface area (Å²) in [7, 11) is 0. The van der Waals surface area contributed by atoms with E-state index in [1.807, 2.05) is 42.5 Å². The second-order valence-electron chi connectivity index (χ2n) is 4.15. The fraction of sp³-hybridized carbons (Fsp3) is 0.200. The van der Waals surface area contributed by atoms with Gasteiger partial charge in [0.15, 0.2) is 0 Å². The summed E-state index contributed by atoms with van der Waals surface area (Å²) in [6.07, 6.45) is 1.42. The Morgan fingerprint density at radius 1 is 0.941 bits per heavy atom. The molecule has 2 aromatic carbocycles. The van der Waals surface area contributed by atoms with Gasteiger partial charge in [0.05, 0.1) is 0 Å². The molecule has 2 N–H and O–H groups in total. The van der Waals surface area contributed by atoms with E-state index in [4.69, 9.17) is 5.73 Å². The molecule has 1 atom stereocenters. The number of aryl methyl sites for hydroxylation is 1. The minimum atomic E-state index is -0.146. The summed E-state index contributed by atoms with van der Waals surface area (Å²) >= 11 is 0. The van der Waals surface area contributed by atoms with Crippen LogP contribution in [0.4, 0.5) is 4.39 Å². The van der Waals surface area contributed by atoms with E-state index in [2.05, 4.69) is 0 Å². The zero-order valence-electron chi connectivity index (χ0n) is 9.64. The second kappa shape index (κ2) is 5.60. The Kier molecular flexibility index (Phi) is 3.89. The number of hydrogen-bond donors (Lipinski definition) is 1. The smallest absolute Gasteiger partial charge is 0.126 e. The van der Waals surface area contributed by atoms with Crippen molar-refractivity contribution in [3.8, 4) is 0 Å². The van der Waals surface area contributed by atoms with Gasteiger partial charge in [-0.15, -0.1) is 0 Å². The molecule has 0 aromatic heterocycles. The molecule has 0 bridgehead atoms. The maximum atomic E-state index is 13.4. The van der Waals surface area contributed by atoms with Crippen molar-refractivity contribution in [3.63, 3.8) is 0 Å². The zero-order chi connectivity index (χ0) is 12.1. The number of rotatable bonds is 4. The summed E-state index contributed by atoms with van der Waals surface area (Å²) in [5.74, 6) is -0.146. The van der Waals surface area contributed by atoms with Crippen molar-refractivity contribution in [2.24, 2.45) is 5.73 Å². The molecule has 2 aromatic rings. The predicted octanol–water partition coefficient (Wildman–Crippen LogP) is 3.46. The third-order valence-corrected chi connectivity index (χ3v) is 2.91. The van der Waals surface area contributed by atoms with E-state index >= 15 is 0 Å². The van der Waals surface area contributed by atoms with Crippen LogP contribution in [0.2, 0.25) is 0 Å². The van der Waals surface area contributed by atoms with Crippen molar-refractivity contribution in [1.82, 2.24) is 0 Å². The van der Waals surface area contributed by atoms with Crippen LogP contribution in [0.5, 0.6) is 0 Å². The predicted molar refractivity (Wildman–Crippen MR) is 68.1 cm³/mol. The molecule has 0 unspecified atom stereocenters. The SMILES string of the molecule is N[C@H](CCc1ccccc1F)c1ccccc1. The van der Waals surface area contributed by atoms with Crippen molar-refractivity contribution in [2.75, 3.05) is 0 Å². The summed E-state index contributed by atoms with van der Waals surface area (Å²) < 4.78 is 13.4. The normalized spacial score (nSPS) is 12.4. The van der Waals surface area contributed by atoms with E-state index in [-0.39, 0.29) is 11.9 Å². The standard InChI is InChI=1S/C15H16FN/c16-14-9-5-4-6-12(14)10-11-15(17)13-7-2-1-3-8-13/h1-9,15H,10-11,17H2/t15-/m1/s1. The number of hydrogen-bond acceptors (Lipinski definition) is 1. The Morgan fingerprint density at radius 2 is 1.59 bits per heavy atom. The van der Waals surface area contributed by atoms with Crippen LogP contribution in [-0.4, -0.2) is 0 Å². The zero-order valence-corrected chi connectivity index (χ0v) is 9.64. The molecule has 17 heavy (non-hydrogen) atoms. The van der Waals surface area contributed by atoms with Crippen molar-refractivity contribution >= 4 is 0 Å². The maximum Gasteiger partial charge on any atom is 0.126 e. The first kappa shape index (κ1) is 11.8. The first-order valence-electron chi connectivity index (χ1n) is 5.81. The van der Waals surface area contributed by atoms with Crippen LogP contribution < -0.4 is 5.73 Å². The number of benzene rings is 2. The van der Waals surface area contributed by atoms with Crippen molar-refractivity contribution in [2.45, 2.75) is 18.9 Å². The van der Waals surface area contributed by atoms with Crippen LogP contribution in [0.1, 0.15) is 23.6 Å². The van der Waals surface area contributed by atoms with Gasteiger partial charge in [0.1, 0.15) is 5.82 Å². The molecule has 0 amide bonds. The van der Waals surface area contributed by atoms with Gasteiger partial charge in [-0.1, -0.05) is 48.5 Å². The molecule has 0 aliphatic carbocycles. The van der Waals surface area contributed by atoms with Crippen LogP contribution in [0.25, 0.3) is 0 Å². The largest absolute Gasteiger partial charge is 0.324 e. The van der Waals surface area contributed by atoms with Crippen LogP contribution in [-0.2, 0) is 6.42 Å². The highest BCUT2D eigenvalue weighted by Gasteiger charge is 2.07. The molecule has 0 saturated heterocycles. The van der Waals surface area contributed by atoms with Gasteiger partial charge in [-0.2, -0.15) is 0 Å². The molecule has 0 spiro atoms. The molecule has 0 fully saturated rings. The second-order valence-corrected chi connectivity index (χ2v) is 4.15. The fourth-order valence-corrected chi connectivity index (χ4v) is 1.88. The molecule has 1 nitrogen and oxygen atoms in total. The van der Waals surface area contributed by atoms with Crippen molar-refractivity contribution < 1.29 is 4.39 Å². The quantitative estimate of drug-likeness (QED) is 0.853. The summed E-state index contributed by atoms with van der Waals surface area (Å²) in [6.45, 7) is 0. The van der Waals surface area contributed by atoms with Crippen LogP contribution in [0.3, 0.4) is 0 Å². The highest BCUT2D eigenvalue weighted by atomic mass is 19.1. The van der Waals surface area contributed by atoms with Crippen LogP contribution >= 0.6 is 0 Å². The van der Waals surface area contributed by atoms with Gasteiger partial charge < -0.3 is 5.73 Å². The lowest BCUT2D eigenvalue weighted by atomic mass is 10.00. The van der Waals surface area contributed by atoms with Gasteiger partial charge in [-0.05, 0) is 30.0 Å². The minimum absolute atomic E-state index is 0.0317. The Labute approximate surface area is 101 Å². The van der Waals surface area contributed by atoms with Gasteiger partial charge >= 0.3 is 0 Å². The van der Waals surface area contributed by atoms with Gasteiger partial charge in [0.2, 0.25) is 0 Å². The van der Waals surface area contributed by atoms with E-state index in [1.54, 1.807) is 6.07 Å². The van der Waals surface area contributed by atoms with Crippen LogP contribution in [0.15, 0.2) is 54.6 Å². The van der Waals surface area contributed by atoms with E-state index < -0.39 is 0 Å². The first-order valence-corrected chi connectivity index (χ1v) is 5.81. The molecule has 2 heteroatoms. The topological polar surface area (TPSA) is 26.0 Å². The molecule has 0 saturated carbocycles. The van der Waals surface area contributed by atoms with E-state index in [9.17, 15) is 4.39 Å². The van der Waals surface area contributed by atoms with Crippen molar-refractivity contribution in [1.29, 1.82) is 0 Å². The number of nitrogens with two attached hydrogens (primary N) is 1. The third kappa shape index (κ3) is 3.14.